The Kier molecular flexibility index (Phi) is 1.60. The van der Waals surface area contributed by atoms with Crippen LogP contribution in [0.3, 0.4) is 0 Å². The average Bonchev–Trinajstić information content (AvgIpc) is 2.05. The summed E-state index contributed by atoms with van der Waals surface area (Å²) in [6.45, 7) is 4.50. The van der Waals surface area contributed by atoms with Crippen molar-refractivity contribution in [2.24, 2.45) is 5.92 Å². The van der Waals surface area contributed by atoms with E-state index >= 15 is 0 Å². The molecule has 1 fully saturated rings. The van der Waals surface area contributed by atoms with E-state index in [9.17, 15) is 0 Å². The highest BCUT2D eigenvalue weighted by Crippen LogP contribution is 2.21. The van der Waals surface area contributed by atoms with Crippen LogP contribution in [0.15, 0.2) is 0 Å². The van der Waals surface area contributed by atoms with Crippen molar-refractivity contribution in [3.05, 3.63) is 0 Å². The van der Waals surface area contributed by atoms with Gasteiger partial charge in [0.15, 0.2) is 0 Å². The van der Waals surface area contributed by atoms with Crippen molar-refractivity contribution in [1.82, 2.24) is 5.32 Å². The SMILES string of the molecule is Cl.[2H]C[C@@H]1CNC(C)(C)C1([2H])[2H]. The maximum atomic E-state index is 7.73. The molecule has 1 aliphatic heterocycles. The van der Waals surface area contributed by atoms with Crippen LogP contribution in [-0.2, 0) is 0 Å². The summed E-state index contributed by atoms with van der Waals surface area (Å²) in [6.07, 6.45) is -1.24. The van der Waals surface area contributed by atoms with Gasteiger partial charge < -0.3 is 5.32 Å². The van der Waals surface area contributed by atoms with Gasteiger partial charge in [0.2, 0.25) is 0 Å². The molecule has 0 aromatic carbocycles. The van der Waals surface area contributed by atoms with Crippen molar-refractivity contribution in [3.63, 3.8) is 0 Å². The molecular weight excluding hydrogens is 134 g/mol. The lowest BCUT2D eigenvalue weighted by Crippen LogP contribution is -2.31. The van der Waals surface area contributed by atoms with Crippen LogP contribution in [0, 0.1) is 5.92 Å². The van der Waals surface area contributed by atoms with Crippen molar-refractivity contribution in [2.45, 2.75) is 32.7 Å². The van der Waals surface area contributed by atoms with Crippen LogP contribution in [0.4, 0.5) is 0 Å². The van der Waals surface area contributed by atoms with E-state index < -0.39 is 11.9 Å². The Morgan fingerprint density at radius 3 is 2.67 bits per heavy atom. The minimum Gasteiger partial charge on any atom is -0.312 e. The number of hydrogen-bond acceptors (Lipinski definition) is 1. The molecule has 1 rings (SSSR count). The zero-order valence-electron chi connectivity index (χ0n) is 8.90. The molecular formula is C7H16ClN. The Balaban J connectivity index is 0.00000121. The second-order valence-corrected chi connectivity index (χ2v) is 2.85. The Bertz CT molecular complexity index is 161. The predicted octanol–water partition coefficient (Wildman–Crippen LogP) is 1.82. The molecule has 2 heteroatoms. The molecule has 0 spiro atoms. The summed E-state index contributed by atoms with van der Waals surface area (Å²) in [5.41, 5.74) is -0.473. The molecule has 1 saturated heterocycles. The van der Waals surface area contributed by atoms with E-state index in [-0.39, 0.29) is 25.2 Å². The molecule has 1 atom stereocenters. The van der Waals surface area contributed by atoms with Gasteiger partial charge in [-0.2, -0.15) is 0 Å². The highest BCUT2D eigenvalue weighted by atomic mass is 35.5. The van der Waals surface area contributed by atoms with Gasteiger partial charge in [0.05, 0.1) is 0 Å². The highest BCUT2D eigenvalue weighted by Gasteiger charge is 2.26. The first kappa shape index (κ1) is 4.97. The molecule has 1 heterocycles. The molecule has 9 heavy (non-hydrogen) atoms. The summed E-state index contributed by atoms with van der Waals surface area (Å²) in [5, 5.41) is 3.09. The average molecular weight is 153 g/mol. The number of rotatable bonds is 0. The van der Waals surface area contributed by atoms with E-state index in [0.717, 1.165) is 0 Å². The summed E-state index contributed by atoms with van der Waals surface area (Å²) in [5.74, 6) is -0.155. The first-order chi connectivity index (χ1) is 4.92. The van der Waals surface area contributed by atoms with E-state index in [1.165, 1.54) is 0 Å². The van der Waals surface area contributed by atoms with Gasteiger partial charge >= 0.3 is 0 Å². The van der Waals surface area contributed by atoms with Crippen molar-refractivity contribution in [2.75, 3.05) is 6.54 Å². The fraction of sp³-hybridized carbons (Fsp3) is 1.00. The third-order valence-corrected chi connectivity index (χ3v) is 1.36. The number of hydrogen-bond donors (Lipinski definition) is 1. The van der Waals surface area contributed by atoms with Crippen LogP contribution in [0.1, 0.15) is 31.2 Å². The topological polar surface area (TPSA) is 12.0 Å². The van der Waals surface area contributed by atoms with Gasteiger partial charge in [0.1, 0.15) is 0 Å². The van der Waals surface area contributed by atoms with Crippen molar-refractivity contribution >= 4 is 12.4 Å². The lowest BCUT2D eigenvalue weighted by Gasteiger charge is -2.16. The van der Waals surface area contributed by atoms with Gasteiger partial charge in [-0.05, 0) is 32.7 Å². The summed E-state index contributed by atoms with van der Waals surface area (Å²) in [4.78, 5) is 0. The second kappa shape index (κ2) is 2.89. The Morgan fingerprint density at radius 2 is 2.44 bits per heavy atom. The highest BCUT2D eigenvalue weighted by molar-refractivity contribution is 5.85. The van der Waals surface area contributed by atoms with Gasteiger partial charge in [-0.25, -0.2) is 0 Å². The molecule has 1 N–H and O–H groups in total. The number of halogens is 1. The van der Waals surface area contributed by atoms with Crippen LogP contribution in [0.25, 0.3) is 0 Å². The predicted molar refractivity (Wildman–Crippen MR) is 43.1 cm³/mol. The first-order valence-corrected chi connectivity index (χ1v) is 2.96. The van der Waals surface area contributed by atoms with Crippen LogP contribution < -0.4 is 5.32 Å². The molecule has 0 saturated carbocycles. The smallest absolute Gasteiger partial charge is 0.0288 e. The molecule has 0 aromatic rings. The Labute approximate surface area is 67.8 Å². The van der Waals surface area contributed by atoms with Crippen molar-refractivity contribution < 1.29 is 4.11 Å². The maximum Gasteiger partial charge on any atom is 0.0288 e. The van der Waals surface area contributed by atoms with E-state index in [4.69, 9.17) is 4.11 Å². The first-order valence-electron chi connectivity index (χ1n) is 4.67. The lowest BCUT2D eigenvalue weighted by atomic mass is 9.99. The van der Waals surface area contributed by atoms with Gasteiger partial charge in [0, 0.05) is 9.65 Å². The lowest BCUT2D eigenvalue weighted by molar-refractivity contribution is 0.448. The monoisotopic (exact) mass is 152 g/mol. The van der Waals surface area contributed by atoms with Gasteiger partial charge in [0.25, 0.3) is 0 Å². The molecule has 0 radical (unpaired) electrons. The molecule has 56 valence electrons. The van der Waals surface area contributed by atoms with Crippen molar-refractivity contribution in [1.29, 1.82) is 0 Å². The van der Waals surface area contributed by atoms with E-state index in [1.807, 2.05) is 13.8 Å². The van der Waals surface area contributed by atoms with E-state index in [2.05, 4.69) is 5.32 Å². The minimum absolute atomic E-state index is 0. The van der Waals surface area contributed by atoms with Gasteiger partial charge in [-0.15, -0.1) is 12.4 Å². The largest absolute Gasteiger partial charge is 0.312 e. The van der Waals surface area contributed by atoms with Crippen LogP contribution >= 0.6 is 12.4 Å². The van der Waals surface area contributed by atoms with Crippen LogP contribution in [0.2, 0.25) is 0 Å². The fourth-order valence-electron chi connectivity index (χ4n) is 0.991. The Hall–Kier alpha value is 0.250. The van der Waals surface area contributed by atoms with Crippen LogP contribution in [-0.4, -0.2) is 12.1 Å². The van der Waals surface area contributed by atoms with Crippen LogP contribution in [0.5, 0.6) is 0 Å². The third kappa shape index (κ3) is 2.55. The van der Waals surface area contributed by atoms with Crippen molar-refractivity contribution in [3.8, 4) is 0 Å². The van der Waals surface area contributed by atoms with Gasteiger partial charge in [-0.3, -0.25) is 0 Å². The summed E-state index contributed by atoms with van der Waals surface area (Å²) >= 11 is 0. The van der Waals surface area contributed by atoms with E-state index in [0.29, 0.717) is 6.54 Å². The number of nitrogens with one attached hydrogen (secondary N) is 1. The second-order valence-electron chi connectivity index (χ2n) is 2.85. The maximum absolute atomic E-state index is 7.73. The molecule has 1 nitrogen and oxygen atoms in total. The molecule has 0 amide bonds. The van der Waals surface area contributed by atoms with Gasteiger partial charge in [-0.1, -0.05) is 6.90 Å². The zero-order chi connectivity index (χ0) is 8.70. The standard InChI is InChI=1S/C7H15N.ClH/c1-6-4-7(2,3)8-5-6;/h6,8H,4-5H2,1-3H3;1H/t6-;/m0./s1/i1D,4D2;. The summed E-state index contributed by atoms with van der Waals surface area (Å²) < 4.78 is 22.6. The molecule has 0 unspecified atom stereocenters. The zero-order valence-corrected chi connectivity index (χ0v) is 6.72. The van der Waals surface area contributed by atoms with E-state index in [1.54, 1.807) is 0 Å². The quantitative estimate of drug-likeness (QED) is 0.559. The normalized spacial score (nSPS) is 42.0. The fourth-order valence-corrected chi connectivity index (χ4v) is 0.991. The minimum atomic E-state index is -1.24. The molecule has 0 aliphatic carbocycles. The Morgan fingerprint density at radius 1 is 1.78 bits per heavy atom. The third-order valence-electron chi connectivity index (χ3n) is 1.36. The summed E-state index contributed by atoms with van der Waals surface area (Å²) in [6, 6.07) is 0. The molecule has 0 aromatic heterocycles. The molecule has 1 aliphatic rings. The molecule has 0 bridgehead atoms. The summed E-state index contributed by atoms with van der Waals surface area (Å²) in [7, 11) is 0.